The number of nitrogens with one attached hydrogen (secondary N) is 1. The van der Waals surface area contributed by atoms with Crippen LogP contribution in [-0.4, -0.2) is 25.1 Å². The molecule has 2 nitrogen and oxygen atoms in total. The van der Waals surface area contributed by atoms with Gasteiger partial charge in [-0.2, -0.15) is 0 Å². The topological polar surface area (TPSA) is 38.0 Å². The number of alkyl halides is 2. The van der Waals surface area contributed by atoms with Crippen molar-refractivity contribution in [3.8, 4) is 0 Å². The normalized spacial score (nSPS) is 33.3. The average Bonchev–Trinajstić information content (AvgIpc) is 1.90. The molecule has 0 aromatic carbocycles. The smallest absolute Gasteiger partial charge is 0.261 e. The molecule has 0 aromatic heterocycles. The number of hydrogen-bond acceptors (Lipinski definition) is 2. The second-order valence-electron chi connectivity index (χ2n) is 2.79. The Morgan fingerprint density at radius 1 is 1.50 bits per heavy atom. The molecule has 0 amide bonds. The lowest BCUT2D eigenvalue weighted by atomic mass is 10.1. The Kier molecular flexibility index (Phi) is 2.21. The monoisotopic (exact) mass is 150 g/mol. The van der Waals surface area contributed by atoms with Gasteiger partial charge in [-0.15, -0.1) is 0 Å². The summed E-state index contributed by atoms with van der Waals surface area (Å²) in [7, 11) is 0. The van der Waals surface area contributed by atoms with Crippen LogP contribution in [0.15, 0.2) is 0 Å². The molecule has 10 heavy (non-hydrogen) atoms. The molecule has 0 aliphatic carbocycles. The molecule has 60 valence electrons. The molecule has 0 bridgehead atoms. The predicted octanol–water partition coefficient (Wildman–Crippen LogP) is 0.332. The Hall–Kier alpha value is -0.220. The fourth-order valence-corrected chi connectivity index (χ4v) is 1.12. The van der Waals surface area contributed by atoms with Gasteiger partial charge in [0.25, 0.3) is 5.92 Å². The van der Waals surface area contributed by atoms with Gasteiger partial charge in [-0.1, -0.05) is 0 Å². The molecule has 1 fully saturated rings. The van der Waals surface area contributed by atoms with E-state index in [4.69, 9.17) is 5.73 Å². The minimum Gasteiger partial charge on any atom is -0.327 e. The van der Waals surface area contributed by atoms with Crippen molar-refractivity contribution in [1.29, 1.82) is 0 Å². The molecule has 1 saturated heterocycles. The van der Waals surface area contributed by atoms with Crippen LogP contribution in [0.2, 0.25) is 0 Å². The molecule has 0 saturated carbocycles. The van der Waals surface area contributed by atoms with Crippen molar-refractivity contribution in [2.45, 2.75) is 24.8 Å². The van der Waals surface area contributed by atoms with Gasteiger partial charge in [0.05, 0.1) is 6.54 Å². The Morgan fingerprint density at radius 3 is 2.90 bits per heavy atom. The molecular weight excluding hydrogens is 138 g/mol. The third-order valence-corrected chi connectivity index (χ3v) is 1.64. The van der Waals surface area contributed by atoms with E-state index in [-0.39, 0.29) is 19.0 Å². The number of rotatable bonds is 0. The van der Waals surface area contributed by atoms with Crippen LogP contribution in [0.1, 0.15) is 12.8 Å². The number of hydrogen-bond donors (Lipinski definition) is 2. The van der Waals surface area contributed by atoms with Crippen LogP contribution in [0, 0.1) is 0 Å². The lowest BCUT2D eigenvalue weighted by Gasteiger charge is -2.14. The molecule has 1 atom stereocenters. The van der Waals surface area contributed by atoms with Gasteiger partial charge in [-0.25, -0.2) is 8.78 Å². The van der Waals surface area contributed by atoms with Crippen molar-refractivity contribution >= 4 is 0 Å². The maximum Gasteiger partial charge on any atom is 0.261 e. The first-order valence-corrected chi connectivity index (χ1v) is 3.44. The van der Waals surface area contributed by atoms with Crippen LogP contribution < -0.4 is 11.1 Å². The van der Waals surface area contributed by atoms with Crippen molar-refractivity contribution < 1.29 is 8.78 Å². The van der Waals surface area contributed by atoms with Crippen molar-refractivity contribution in [2.24, 2.45) is 5.73 Å². The van der Waals surface area contributed by atoms with Gasteiger partial charge < -0.3 is 11.1 Å². The Balaban J connectivity index is 2.46. The fourth-order valence-electron chi connectivity index (χ4n) is 1.12. The molecule has 0 aromatic rings. The van der Waals surface area contributed by atoms with Crippen LogP contribution in [0.25, 0.3) is 0 Å². The highest BCUT2D eigenvalue weighted by atomic mass is 19.3. The number of nitrogens with two attached hydrogens (primary N) is 1. The van der Waals surface area contributed by atoms with Crippen LogP contribution in [0.3, 0.4) is 0 Å². The standard InChI is InChI=1S/C6H12F2N2/c7-6(8)3-5(9)1-2-10-4-6/h5,10H,1-4,9H2/t5-/m1/s1. The summed E-state index contributed by atoms with van der Waals surface area (Å²) in [6.45, 7) is 0.386. The Labute approximate surface area is 58.8 Å². The van der Waals surface area contributed by atoms with Crippen molar-refractivity contribution in [3.05, 3.63) is 0 Å². The van der Waals surface area contributed by atoms with E-state index in [0.717, 1.165) is 0 Å². The van der Waals surface area contributed by atoms with E-state index >= 15 is 0 Å². The van der Waals surface area contributed by atoms with E-state index < -0.39 is 5.92 Å². The molecule has 0 unspecified atom stereocenters. The summed E-state index contributed by atoms with van der Waals surface area (Å²) >= 11 is 0. The lowest BCUT2D eigenvalue weighted by Crippen LogP contribution is -2.32. The summed E-state index contributed by atoms with van der Waals surface area (Å²) < 4.78 is 25.1. The van der Waals surface area contributed by atoms with Gasteiger partial charge in [0.15, 0.2) is 0 Å². The minimum atomic E-state index is -2.60. The Bertz CT molecular complexity index is 116. The first-order valence-electron chi connectivity index (χ1n) is 3.44. The quantitative estimate of drug-likeness (QED) is 0.522. The van der Waals surface area contributed by atoms with E-state index in [0.29, 0.717) is 13.0 Å². The highest BCUT2D eigenvalue weighted by molar-refractivity contribution is 4.80. The maximum atomic E-state index is 12.6. The maximum absolute atomic E-state index is 12.6. The third kappa shape index (κ3) is 2.19. The van der Waals surface area contributed by atoms with Gasteiger partial charge in [0.1, 0.15) is 0 Å². The summed E-state index contributed by atoms with van der Waals surface area (Å²) in [5, 5.41) is 2.64. The molecule has 4 heteroatoms. The highest BCUT2D eigenvalue weighted by Crippen LogP contribution is 2.21. The summed E-state index contributed by atoms with van der Waals surface area (Å²) in [6, 6.07) is -0.343. The van der Waals surface area contributed by atoms with Gasteiger partial charge in [0.2, 0.25) is 0 Å². The SMILES string of the molecule is N[C@@H]1CCNCC(F)(F)C1. The van der Waals surface area contributed by atoms with Gasteiger partial charge in [0, 0.05) is 12.5 Å². The van der Waals surface area contributed by atoms with Gasteiger partial charge in [-0.3, -0.25) is 0 Å². The van der Waals surface area contributed by atoms with Gasteiger partial charge >= 0.3 is 0 Å². The fraction of sp³-hybridized carbons (Fsp3) is 1.00. The lowest BCUT2D eigenvalue weighted by molar-refractivity contribution is -0.00527. The van der Waals surface area contributed by atoms with E-state index in [1.807, 2.05) is 0 Å². The summed E-state index contributed by atoms with van der Waals surface area (Å²) in [5.74, 6) is -2.60. The molecule has 1 aliphatic heterocycles. The van der Waals surface area contributed by atoms with Crippen molar-refractivity contribution in [1.82, 2.24) is 5.32 Å². The zero-order chi connectivity index (χ0) is 7.61. The van der Waals surface area contributed by atoms with E-state index in [1.165, 1.54) is 0 Å². The summed E-state index contributed by atoms with van der Waals surface area (Å²) in [4.78, 5) is 0. The minimum absolute atomic E-state index is 0.181. The zero-order valence-corrected chi connectivity index (χ0v) is 5.74. The largest absolute Gasteiger partial charge is 0.327 e. The molecule has 1 aliphatic rings. The second kappa shape index (κ2) is 2.80. The van der Waals surface area contributed by atoms with Crippen LogP contribution >= 0.6 is 0 Å². The Morgan fingerprint density at radius 2 is 2.20 bits per heavy atom. The molecular formula is C6H12F2N2. The van der Waals surface area contributed by atoms with Crippen LogP contribution in [0.4, 0.5) is 8.78 Å². The first kappa shape index (κ1) is 7.88. The molecule has 1 heterocycles. The van der Waals surface area contributed by atoms with Crippen molar-refractivity contribution in [3.63, 3.8) is 0 Å². The molecule has 0 spiro atoms. The van der Waals surface area contributed by atoms with E-state index in [1.54, 1.807) is 0 Å². The van der Waals surface area contributed by atoms with Crippen LogP contribution in [0.5, 0.6) is 0 Å². The molecule has 3 N–H and O–H groups in total. The first-order chi connectivity index (χ1) is 4.60. The third-order valence-electron chi connectivity index (χ3n) is 1.64. The average molecular weight is 150 g/mol. The second-order valence-corrected chi connectivity index (χ2v) is 2.79. The van der Waals surface area contributed by atoms with E-state index in [2.05, 4.69) is 5.32 Å². The summed E-state index contributed by atoms with van der Waals surface area (Å²) in [6.07, 6.45) is 0.468. The van der Waals surface area contributed by atoms with Crippen LogP contribution in [-0.2, 0) is 0 Å². The van der Waals surface area contributed by atoms with Gasteiger partial charge in [-0.05, 0) is 13.0 Å². The van der Waals surface area contributed by atoms with Crippen molar-refractivity contribution in [2.75, 3.05) is 13.1 Å². The summed E-state index contributed by atoms with van der Waals surface area (Å²) in [5.41, 5.74) is 5.39. The highest BCUT2D eigenvalue weighted by Gasteiger charge is 2.32. The molecule has 0 radical (unpaired) electrons. The van der Waals surface area contributed by atoms with E-state index in [9.17, 15) is 8.78 Å². The zero-order valence-electron chi connectivity index (χ0n) is 5.74. The predicted molar refractivity (Wildman–Crippen MR) is 35.0 cm³/mol. The molecule has 1 rings (SSSR count). The number of halogens is 2.